The Morgan fingerprint density at radius 3 is 2.17 bits per heavy atom. The number of carbonyl (C=O) groups is 4. The first kappa shape index (κ1) is 25.1. The lowest BCUT2D eigenvalue weighted by molar-refractivity contribution is -0.149. The van der Waals surface area contributed by atoms with Crippen molar-refractivity contribution in [3.05, 3.63) is 102 Å². The van der Waals surface area contributed by atoms with Gasteiger partial charge in [0.1, 0.15) is 0 Å². The zero-order chi connectivity index (χ0) is 25.1. The summed E-state index contributed by atoms with van der Waals surface area (Å²) in [6, 6.07) is 20.2. The van der Waals surface area contributed by atoms with Gasteiger partial charge in [0.25, 0.3) is 17.7 Å². The predicted octanol–water partition coefficient (Wildman–Crippen LogP) is 3.61. The quantitative estimate of drug-likeness (QED) is 0.238. The lowest BCUT2D eigenvalue weighted by Gasteiger charge is -2.36. The maximum Gasteiger partial charge on any atom is 0.254 e. The number of carbonyl (C=O) groups excluding carboxylic acids is 4. The van der Waals surface area contributed by atoms with E-state index >= 15 is 0 Å². The Morgan fingerprint density at radius 2 is 1.54 bits per heavy atom. The van der Waals surface area contributed by atoms with Gasteiger partial charge in [-0.3, -0.25) is 24.1 Å². The maximum atomic E-state index is 13.1. The highest BCUT2D eigenvalue weighted by Crippen LogP contribution is 2.32. The summed E-state index contributed by atoms with van der Waals surface area (Å²) in [7, 11) is 0. The van der Waals surface area contributed by atoms with Crippen LogP contribution in [0.1, 0.15) is 35.2 Å². The van der Waals surface area contributed by atoms with Crippen molar-refractivity contribution in [1.82, 2.24) is 10.2 Å². The molecule has 0 aromatic heterocycles. The van der Waals surface area contributed by atoms with Crippen molar-refractivity contribution in [2.24, 2.45) is 0 Å². The largest absolute Gasteiger partial charge is 0.354 e. The summed E-state index contributed by atoms with van der Waals surface area (Å²) in [5.74, 6) is -2.37. The zero-order valence-electron chi connectivity index (χ0n) is 19.1. The van der Waals surface area contributed by atoms with Crippen molar-refractivity contribution in [2.45, 2.75) is 24.8 Å². The third-order valence-electron chi connectivity index (χ3n) is 5.60. The highest BCUT2D eigenvalue weighted by molar-refractivity contribution is 6.26. The summed E-state index contributed by atoms with van der Waals surface area (Å²) < 4.78 is 0. The van der Waals surface area contributed by atoms with E-state index in [2.05, 4.69) is 5.32 Å². The van der Waals surface area contributed by atoms with Crippen LogP contribution in [0.5, 0.6) is 0 Å². The first-order valence-electron chi connectivity index (χ1n) is 11.2. The fraction of sp³-hybridized carbons (Fsp3) is 0.179. The molecule has 0 spiro atoms. The van der Waals surface area contributed by atoms with E-state index in [9.17, 15) is 19.2 Å². The molecule has 176 valence electrons. The predicted molar refractivity (Wildman–Crippen MR) is 132 cm³/mol. The molecule has 3 amide bonds. The van der Waals surface area contributed by atoms with Crippen LogP contribution in [0.25, 0.3) is 6.08 Å². The molecule has 7 heteroatoms. The zero-order valence-corrected chi connectivity index (χ0v) is 19.1. The summed E-state index contributed by atoms with van der Waals surface area (Å²) in [6.07, 6.45) is 10.5. The molecule has 0 saturated carbocycles. The van der Waals surface area contributed by atoms with E-state index in [0.717, 1.165) is 22.6 Å². The van der Waals surface area contributed by atoms with Gasteiger partial charge in [0.2, 0.25) is 0 Å². The third kappa shape index (κ3) is 5.87. The number of rotatable bonds is 5. The molecule has 2 heterocycles. The first-order valence-corrected chi connectivity index (χ1v) is 11.2. The van der Waals surface area contributed by atoms with Crippen molar-refractivity contribution in [3.63, 3.8) is 0 Å². The van der Waals surface area contributed by atoms with Crippen molar-refractivity contribution in [3.8, 4) is 6.07 Å². The van der Waals surface area contributed by atoms with E-state index < -0.39 is 29.0 Å². The van der Waals surface area contributed by atoms with Crippen LogP contribution in [0.3, 0.4) is 0 Å². The van der Waals surface area contributed by atoms with Gasteiger partial charge in [-0.1, -0.05) is 78.9 Å². The molecule has 1 saturated heterocycles. The average Bonchev–Trinajstić information content (AvgIpc) is 3.11. The van der Waals surface area contributed by atoms with E-state index in [-0.39, 0.29) is 6.42 Å². The van der Waals surface area contributed by atoms with Crippen LogP contribution in [-0.2, 0) is 14.4 Å². The van der Waals surface area contributed by atoms with Crippen LogP contribution in [0, 0.1) is 11.3 Å². The number of nitrogens with one attached hydrogen (secondary N) is 1. The summed E-state index contributed by atoms with van der Waals surface area (Å²) >= 11 is 0. The number of ketones is 1. The van der Waals surface area contributed by atoms with Gasteiger partial charge >= 0.3 is 0 Å². The fourth-order valence-corrected chi connectivity index (χ4v) is 3.93. The topological polar surface area (TPSA) is 107 Å². The minimum atomic E-state index is -1.81. The molecular formula is C28H25N3O4. The lowest BCUT2D eigenvalue weighted by Crippen LogP contribution is -2.64. The Balaban J connectivity index is 0.000000241. The molecule has 2 aromatic rings. The average molecular weight is 468 g/mol. The second-order valence-electron chi connectivity index (χ2n) is 7.87. The van der Waals surface area contributed by atoms with Gasteiger partial charge in [0, 0.05) is 30.3 Å². The summed E-state index contributed by atoms with van der Waals surface area (Å²) in [5, 5.41) is 10.9. The number of Topliss-reactive ketones (excluding diaryl/α,β-unsaturated/α-hetero) is 1. The Hall–Kier alpha value is -4.57. The Bertz CT molecular complexity index is 1190. The second kappa shape index (κ2) is 12.1. The Kier molecular flexibility index (Phi) is 8.63. The highest BCUT2D eigenvalue weighted by Gasteiger charge is 2.55. The number of nitriles is 1. The number of imide groups is 1. The van der Waals surface area contributed by atoms with E-state index in [1.54, 1.807) is 36.4 Å². The van der Waals surface area contributed by atoms with Gasteiger partial charge in [-0.2, -0.15) is 5.26 Å². The van der Waals surface area contributed by atoms with Gasteiger partial charge in [-0.15, -0.1) is 0 Å². The molecule has 35 heavy (non-hydrogen) atoms. The minimum absolute atomic E-state index is 0.131. The van der Waals surface area contributed by atoms with Crippen LogP contribution in [0.2, 0.25) is 0 Å². The van der Waals surface area contributed by atoms with Crippen molar-refractivity contribution >= 4 is 29.6 Å². The van der Waals surface area contributed by atoms with Crippen LogP contribution in [-0.4, -0.2) is 40.5 Å². The molecule has 1 atom stereocenters. The highest BCUT2D eigenvalue weighted by atomic mass is 16.2. The monoisotopic (exact) mass is 467 g/mol. The fourth-order valence-electron chi connectivity index (χ4n) is 3.93. The summed E-state index contributed by atoms with van der Waals surface area (Å²) in [5.41, 5.74) is -0.368. The molecule has 2 aliphatic rings. The second-order valence-corrected chi connectivity index (χ2v) is 7.87. The van der Waals surface area contributed by atoms with E-state index in [1.807, 2.05) is 48.6 Å². The van der Waals surface area contributed by atoms with Crippen molar-refractivity contribution in [2.75, 3.05) is 6.54 Å². The van der Waals surface area contributed by atoms with Crippen molar-refractivity contribution < 1.29 is 19.2 Å². The molecule has 0 bridgehead atoms. The van der Waals surface area contributed by atoms with Crippen LogP contribution in [0.15, 0.2) is 91.0 Å². The molecule has 7 nitrogen and oxygen atoms in total. The standard InChI is InChI=1S/C17H16N2O4.C11H9N/c20-13-8-9-14(21)19(13)17(10-4-5-11-18-16(17)23)15(22)12-6-2-1-3-7-12;12-10-6-2-5-9-11-7-3-1-4-8-11/h1-3,6-9H,4-5,10-11H2,(H,18,23);1-9H. The molecule has 2 aromatic carbocycles. The van der Waals surface area contributed by atoms with Gasteiger partial charge in [0.05, 0.1) is 6.07 Å². The third-order valence-corrected chi connectivity index (χ3v) is 5.60. The van der Waals surface area contributed by atoms with Gasteiger partial charge in [-0.25, -0.2) is 0 Å². The molecular weight excluding hydrogens is 442 g/mol. The van der Waals surface area contributed by atoms with Crippen LogP contribution >= 0.6 is 0 Å². The van der Waals surface area contributed by atoms with Crippen molar-refractivity contribution in [1.29, 1.82) is 5.26 Å². The van der Waals surface area contributed by atoms with Crippen LogP contribution < -0.4 is 5.32 Å². The number of hydrogen-bond donors (Lipinski definition) is 1. The smallest absolute Gasteiger partial charge is 0.254 e. The molecule has 1 N–H and O–H groups in total. The molecule has 1 fully saturated rings. The number of amides is 3. The van der Waals surface area contributed by atoms with E-state index in [4.69, 9.17) is 5.26 Å². The number of allylic oxidation sites excluding steroid dienone is 3. The van der Waals surface area contributed by atoms with Crippen LogP contribution in [0.4, 0.5) is 0 Å². The summed E-state index contributed by atoms with van der Waals surface area (Å²) in [6.45, 7) is 0.423. The Labute approximate surface area is 204 Å². The SMILES string of the molecule is N#CC=CC=Cc1ccccc1.O=C1C=CC(=O)N1C1(C(=O)c2ccccc2)CCCCNC1=O. The molecule has 0 radical (unpaired) electrons. The van der Waals surface area contributed by atoms with E-state index in [1.165, 1.54) is 6.08 Å². The maximum absolute atomic E-state index is 13.1. The summed E-state index contributed by atoms with van der Waals surface area (Å²) in [4.78, 5) is 51.0. The number of nitrogens with zero attached hydrogens (tertiary/aromatic N) is 2. The first-order chi connectivity index (χ1) is 17.0. The Morgan fingerprint density at radius 1 is 0.914 bits per heavy atom. The number of hydrogen-bond acceptors (Lipinski definition) is 5. The van der Waals surface area contributed by atoms with Gasteiger partial charge in [0.15, 0.2) is 11.3 Å². The lowest BCUT2D eigenvalue weighted by atomic mass is 9.82. The molecule has 4 rings (SSSR count). The molecule has 2 aliphatic heterocycles. The molecule has 0 aliphatic carbocycles. The minimum Gasteiger partial charge on any atom is -0.354 e. The van der Waals surface area contributed by atoms with Gasteiger partial charge in [-0.05, 0) is 24.8 Å². The normalized spacial score (nSPS) is 19.7. The van der Waals surface area contributed by atoms with Gasteiger partial charge < -0.3 is 5.32 Å². The molecule has 1 unspecified atom stereocenters. The van der Waals surface area contributed by atoms with E-state index in [0.29, 0.717) is 24.9 Å². The number of benzene rings is 2.